The number of aromatic hydroxyl groups is 6. The van der Waals surface area contributed by atoms with Crippen molar-refractivity contribution in [3.63, 3.8) is 0 Å². The summed E-state index contributed by atoms with van der Waals surface area (Å²) in [5.74, 6) is -2.12. The first kappa shape index (κ1) is 26.2. The van der Waals surface area contributed by atoms with Gasteiger partial charge in [-0.3, -0.25) is 9.98 Å². The zero-order valence-corrected chi connectivity index (χ0v) is 22.7. The van der Waals surface area contributed by atoms with Gasteiger partial charge in [-0.05, 0) is 47.6 Å². The van der Waals surface area contributed by atoms with Crippen LogP contribution in [0.25, 0.3) is 32.7 Å². The number of aryl methyl sites for hydroxylation is 2. The van der Waals surface area contributed by atoms with Crippen molar-refractivity contribution in [2.45, 2.75) is 53.4 Å². The maximum Gasteiger partial charge on any atom is 0.167 e. The first-order chi connectivity index (χ1) is 18.4. The normalized spacial score (nSPS) is 14.8. The Labute approximate surface area is 225 Å². The quantitative estimate of drug-likeness (QED) is 0.162. The Bertz CT molecular complexity index is 1640. The Balaban J connectivity index is 2.07. The zero-order chi connectivity index (χ0) is 28.5. The topological polar surface area (TPSA) is 146 Å². The van der Waals surface area contributed by atoms with E-state index in [0.717, 1.165) is 0 Å². The van der Waals surface area contributed by atoms with Gasteiger partial charge in [-0.2, -0.15) is 0 Å². The number of hydrogen-bond acceptors (Lipinski definition) is 8. The lowest BCUT2D eigenvalue weighted by molar-refractivity contribution is 0.398. The molecule has 0 aromatic heterocycles. The molecule has 0 amide bonds. The molecule has 39 heavy (non-hydrogen) atoms. The van der Waals surface area contributed by atoms with Crippen LogP contribution < -0.4 is 0 Å². The predicted molar refractivity (Wildman–Crippen MR) is 155 cm³/mol. The van der Waals surface area contributed by atoms with E-state index in [9.17, 15) is 30.6 Å². The molecule has 6 N–H and O–H groups in total. The largest absolute Gasteiger partial charge is 0.507 e. The highest BCUT2D eigenvalue weighted by Gasteiger charge is 2.29. The van der Waals surface area contributed by atoms with Gasteiger partial charge in [0.2, 0.25) is 0 Å². The first-order valence-electron chi connectivity index (χ1n) is 12.9. The van der Waals surface area contributed by atoms with Crippen LogP contribution in [0.2, 0.25) is 0 Å². The van der Waals surface area contributed by atoms with Crippen molar-refractivity contribution in [1.29, 1.82) is 0 Å². The Morgan fingerprint density at radius 3 is 1.26 bits per heavy atom. The van der Waals surface area contributed by atoms with Crippen molar-refractivity contribution in [3.05, 3.63) is 45.5 Å². The molecule has 4 aromatic carbocycles. The number of benzene rings is 4. The molecule has 8 heteroatoms. The van der Waals surface area contributed by atoms with E-state index < -0.39 is 11.5 Å². The maximum atomic E-state index is 11.8. The smallest absolute Gasteiger partial charge is 0.167 e. The van der Waals surface area contributed by atoms with Gasteiger partial charge in [0.15, 0.2) is 23.0 Å². The maximum absolute atomic E-state index is 11.8. The molecule has 1 aliphatic heterocycles. The SMILES string of the molecule is Cc1cc2c(C(C)C)c(O)c(O)c3c2c(O)c1-c1c(C)cc2c(C(C)C)c(O)c(O)c(c2c1O)/C=N\C/N=C\3. The number of fused-ring (bicyclic) bond motifs is 3. The van der Waals surface area contributed by atoms with Gasteiger partial charge in [0.1, 0.15) is 18.2 Å². The van der Waals surface area contributed by atoms with Gasteiger partial charge in [0.05, 0.1) is 0 Å². The van der Waals surface area contributed by atoms with Crippen LogP contribution in [0.4, 0.5) is 0 Å². The summed E-state index contributed by atoms with van der Waals surface area (Å²) in [5, 5.41) is 69.2. The van der Waals surface area contributed by atoms with Gasteiger partial charge in [-0.1, -0.05) is 39.8 Å². The molecule has 0 aliphatic carbocycles. The first-order valence-corrected chi connectivity index (χ1v) is 12.9. The Morgan fingerprint density at radius 2 is 0.923 bits per heavy atom. The van der Waals surface area contributed by atoms with E-state index in [4.69, 9.17) is 0 Å². The van der Waals surface area contributed by atoms with Crippen LogP contribution in [0.5, 0.6) is 34.5 Å². The molecule has 0 saturated carbocycles. The van der Waals surface area contributed by atoms with Gasteiger partial charge in [0, 0.05) is 56.6 Å². The Morgan fingerprint density at radius 1 is 0.564 bits per heavy atom. The van der Waals surface area contributed by atoms with E-state index in [0.29, 0.717) is 44.2 Å². The Hall–Kier alpha value is -4.46. The van der Waals surface area contributed by atoms with E-state index in [1.807, 2.05) is 39.8 Å². The summed E-state index contributed by atoms with van der Waals surface area (Å²) >= 11 is 0. The number of rotatable bonds is 2. The molecular weight excluding hydrogens is 496 g/mol. The van der Waals surface area contributed by atoms with Gasteiger partial charge >= 0.3 is 0 Å². The highest BCUT2D eigenvalue weighted by molar-refractivity contribution is 6.15. The second-order valence-electron chi connectivity index (χ2n) is 10.8. The van der Waals surface area contributed by atoms with E-state index in [1.54, 1.807) is 13.8 Å². The standard InChI is InChI=1S/C31H32N2O6/c1-12(2)20-16-7-14(5)22-23-15(6)8-17-21(13(3)4)31(39)27(35)19(25(17)29(23)37)10-33-11-32-9-18(24(16)28(22)36)26(34)30(20)38/h7-10,12-13,34-39H,11H2,1-6H3/b32-9-,33-10-. The lowest BCUT2D eigenvalue weighted by Gasteiger charge is -2.23. The lowest BCUT2D eigenvalue weighted by atomic mass is 9.83. The molecule has 0 spiro atoms. The van der Waals surface area contributed by atoms with Crippen LogP contribution in [0.3, 0.4) is 0 Å². The minimum atomic E-state index is -0.414. The summed E-state index contributed by atoms with van der Waals surface area (Å²) in [4.78, 5) is 8.55. The fraction of sp³-hybridized carbons (Fsp3) is 0.290. The monoisotopic (exact) mass is 528 g/mol. The summed E-state index contributed by atoms with van der Waals surface area (Å²) in [7, 11) is 0. The summed E-state index contributed by atoms with van der Waals surface area (Å²) in [6.07, 6.45) is 2.68. The minimum absolute atomic E-state index is 0.124. The van der Waals surface area contributed by atoms with Crippen LogP contribution in [0.15, 0.2) is 22.1 Å². The molecule has 0 radical (unpaired) electrons. The van der Waals surface area contributed by atoms with Crippen LogP contribution in [0, 0.1) is 13.8 Å². The third kappa shape index (κ3) is 3.66. The lowest BCUT2D eigenvalue weighted by Crippen LogP contribution is -2.01. The number of nitrogens with zero attached hydrogens (tertiary/aromatic N) is 2. The van der Waals surface area contributed by atoms with Crippen LogP contribution in [-0.2, 0) is 0 Å². The highest BCUT2D eigenvalue weighted by atomic mass is 16.3. The van der Waals surface area contributed by atoms with Gasteiger partial charge in [0.25, 0.3) is 0 Å². The van der Waals surface area contributed by atoms with Crippen molar-refractivity contribution in [2.24, 2.45) is 9.98 Å². The van der Waals surface area contributed by atoms with Crippen molar-refractivity contribution < 1.29 is 30.6 Å². The van der Waals surface area contributed by atoms with Crippen LogP contribution >= 0.6 is 0 Å². The fourth-order valence-electron chi connectivity index (χ4n) is 5.94. The summed E-state index contributed by atoms with van der Waals surface area (Å²) in [5.41, 5.74) is 3.15. The zero-order valence-electron chi connectivity index (χ0n) is 22.7. The van der Waals surface area contributed by atoms with Crippen LogP contribution in [-0.4, -0.2) is 49.7 Å². The summed E-state index contributed by atoms with van der Waals surface area (Å²) < 4.78 is 0. The average Bonchev–Trinajstić information content (AvgIpc) is 2.85. The molecule has 0 atom stereocenters. The van der Waals surface area contributed by atoms with Crippen molar-refractivity contribution >= 4 is 34.0 Å². The predicted octanol–water partition coefficient (Wildman–Crippen LogP) is 6.57. The Kier molecular flexibility index (Phi) is 6.09. The van der Waals surface area contributed by atoms with Crippen LogP contribution in [0.1, 0.15) is 72.9 Å². The molecule has 5 rings (SSSR count). The second-order valence-corrected chi connectivity index (χ2v) is 10.8. The molecule has 0 fully saturated rings. The number of hydrogen-bond donors (Lipinski definition) is 6. The summed E-state index contributed by atoms with van der Waals surface area (Å²) in [6, 6.07) is 3.65. The molecule has 0 saturated heterocycles. The second kappa shape index (κ2) is 9.08. The molecule has 1 heterocycles. The molecule has 4 bridgehead atoms. The molecule has 4 aromatic rings. The van der Waals surface area contributed by atoms with E-state index in [2.05, 4.69) is 9.98 Å². The van der Waals surface area contributed by atoms with Gasteiger partial charge in [-0.25, -0.2) is 0 Å². The van der Waals surface area contributed by atoms with Crippen molar-refractivity contribution in [3.8, 4) is 45.6 Å². The third-order valence-corrected chi connectivity index (χ3v) is 7.59. The average molecular weight is 529 g/mol. The molecular formula is C31H32N2O6. The molecule has 8 nitrogen and oxygen atoms in total. The van der Waals surface area contributed by atoms with E-state index >= 15 is 0 Å². The van der Waals surface area contributed by atoms with E-state index in [1.165, 1.54) is 12.4 Å². The van der Waals surface area contributed by atoms with Gasteiger partial charge < -0.3 is 30.6 Å². The van der Waals surface area contributed by atoms with Crippen molar-refractivity contribution in [2.75, 3.05) is 6.67 Å². The fourth-order valence-corrected chi connectivity index (χ4v) is 5.94. The molecule has 0 unspecified atom stereocenters. The number of phenolic OH excluding ortho intramolecular Hbond substituents is 6. The van der Waals surface area contributed by atoms with E-state index in [-0.39, 0.29) is 63.4 Å². The minimum Gasteiger partial charge on any atom is -0.507 e. The van der Waals surface area contributed by atoms with Crippen molar-refractivity contribution in [1.82, 2.24) is 0 Å². The molecule has 202 valence electrons. The summed E-state index contributed by atoms with van der Waals surface area (Å²) in [6.45, 7) is 11.0. The number of phenols is 6. The highest BCUT2D eigenvalue weighted by Crippen LogP contribution is 2.54. The van der Waals surface area contributed by atoms with Gasteiger partial charge in [-0.15, -0.1) is 0 Å². The number of aliphatic imine (C=N–C) groups is 2. The molecule has 1 aliphatic rings. The third-order valence-electron chi connectivity index (χ3n) is 7.59.